The first-order chi connectivity index (χ1) is 9.93. The lowest BCUT2D eigenvalue weighted by molar-refractivity contribution is 0.340. The lowest BCUT2D eigenvalue weighted by Gasteiger charge is -2.16. The average molecular weight is 309 g/mol. The van der Waals surface area contributed by atoms with Gasteiger partial charge in [0.05, 0.1) is 17.7 Å². The Morgan fingerprint density at radius 3 is 2.48 bits per heavy atom. The molecule has 6 nitrogen and oxygen atoms in total. The molecule has 0 fully saturated rings. The summed E-state index contributed by atoms with van der Waals surface area (Å²) >= 11 is 0. The highest BCUT2D eigenvalue weighted by Gasteiger charge is 2.21. The standard InChI is InChI=1S/C14H19N3O3S/c1-4-20-13-5-7-14(8-6-13)21(18,19)17(3)11-12-9-15-16(2)10-12/h5-10H,4,11H2,1-3H3. The second-order valence-electron chi connectivity index (χ2n) is 4.69. The third kappa shape index (κ3) is 3.62. The van der Waals surface area contributed by atoms with Crippen molar-refractivity contribution in [2.75, 3.05) is 13.7 Å². The fourth-order valence-electron chi connectivity index (χ4n) is 1.95. The van der Waals surface area contributed by atoms with Gasteiger partial charge in [-0.25, -0.2) is 8.42 Å². The third-order valence-electron chi connectivity index (χ3n) is 3.01. The van der Waals surface area contributed by atoms with Crippen molar-refractivity contribution in [3.05, 3.63) is 42.2 Å². The van der Waals surface area contributed by atoms with E-state index in [0.29, 0.717) is 12.4 Å². The van der Waals surface area contributed by atoms with Gasteiger partial charge in [0.1, 0.15) is 5.75 Å². The molecule has 7 heteroatoms. The molecule has 1 aromatic heterocycles. The van der Waals surface area contributed by atoms with E-state index in [1.807, 2.05) is 6.92 Å². The Morgan fingerprint density at radius 2 is 1.95 bits per heavy atom. The van der Waals surface area contributed by atoms with Crippen molar-refractivity contribution in [3.63, 3.8) is 0 Å². The summed E-state index contributed by atoms with van der Waals surface area (Å²) < 4.78 is 33.2. The van der Waals surface area contributed by atoms with Gasteiger partial charge in [-0.1, -0.05) is 0 Å². The van der Waals surface area contributed by atoms with Crippen LogP contribution in [0.3, 0.4) is 0 Å². The van der Waals surface area contributed by atoms with Gasteiger partial charge in [0.15, 0.2) is 0 Å². The van der Waals surface area contributed by atoms with E-state index in [1.54, 1.807) is 55.4 Å². The first-order valence-electron chi connectivity index (χ1n) is 6.60. The molecule has 0 aliphatic rings. The van der Waals surface area contributed by atoms with Gasteiger partial charge in [0.25, 0.3) is 0 Å². The summed E-state index contributed by atoms with van der Waals surface area (Å²) in [5.41, 5.74) is 0.842. The Morgan fingerprint density at radius 1 is 1.29 bits per heavy atom. The maximum Gasteiger partial charge on any atom is 0.243 e. The first kappa shape index (κ1) is 15.5. The van der Waals surface area contributed by atoms with E-state index in [1.165, 1.54) is 4.31 Å². The number of sulfonamides is 1. The van der Waals surface area contributed by atoms with Gasteiger partial charge >= 0.3 is 0 Å². The van der Waals surface area contributed by atoms with E-state index in [9.17, 15) is 8.42 Å². The van der Waals surface area contributed by atoms with Crippen molar-refractivity contribution in [1.82, 2.24) is 14.1 Å². The normalized spacial score (nSPS) is 11.8. The number of benzene rings is 1. The molecule has 0 radical (unpaired) electrons. The molecule has 0 amide bonds. The number of aryl methyl sites for hydroxylation is 1. The van der Waals surface area contributed by atoms with Crippen LogP contribution in [0.25, 0.3) is 0 Å². The van der Waals surface area contributed by atoms with E-state index in [2.05, 4.69) is 5.10 Å². The molecular formula is C14H19N3O3S. The van der Waals surface area contributed by atoms with Crippen LogP contribution in [0.2, 0.25) is 0 Å². The second-order valence-corrected chi connectivity index (χ2v) is 6.73. The van der Waals surface area contributed by atoms with Crippen LogP contribution in [-0.4, -0.2) is 36.2 Å². The molecule has 0 saturated heterocycles. The molecule has 0 bridgehead atoms. The molecule has 0 unspecified atom stereocenters. The Kier molecular flexibility index (Phi) is 4.64. The maximum absolute atomic E-state index is 12.5. The van der Waals surface area contributed by atoms with Crippen molar-refractivity contribution >= 4 is 10.0 Å². The van der Waals surface area contributed by atoms with E-state index in [0.717, 1.165) is 5.56 Å². The molecule has 0 saturated carbocycles. The van der Waals surface area contributed by atoms with Crippen LogP contribution < -0.4 is 4.74 Å². The number of aromatic nitrogens is 2. The highest BCUT2D eigenvalue weighted by Crippen LogP contribution is 2.20. The molecule has 0 aliphatic heterocycles. The summed E-state index contributed by atoms with van der Waals surface area (Å²) in [6.45, 7) is 2.71. The Balaban J connectivity index is 2.16. The summed E-state index contributed by atoms with van der Waals surface area (Å²) in [5, 5.41) is 4.04. The number of hydrogen-bond acceptors (Lipinski definition) is 4. The van der Waals surface area contributed by atoms with E-state index < -0.39 is 10.0 Å². The monoisotopic (exact) mass is 309 g/mol. The lowest BCUT2D eigenvalue weighted by Crippen LogP contribution is -2.26. The van der Waals surface area contributed by atoms with Crippen molar-refractivity contribution in [3.8, 4) is 5.75 Å². The Labute approximate surface area is 125 Å². The number of nitrogens with zero attached hydrogens (tertiary/aromatic N) is 3. The van der Waals surface area contributed by atoms with Crippen LogP contribution in [0, 0.1) is 0 Å². The number of rotatable bonds is 6. The van der Waals surface area contributed by atoms with Gasteiger partial charge in [0, 0.05) is 32.4 Å². The smallest absolute Gasteiger partial charge is 0.243 e. The molecule has 2 aromatic rings. The molecule has 1 aromatic carbocycles. The van der Waals surface area contributed by atoms with Gasteiger partial charge in [-0.15, -0.1) is 0 Å². The minimum absolute atomic E-state index is 0.248. The molecule has 0 spiro atoms. The molecule has 1 heterocycles. The highest BCUT2D eigenvalue weighted by atomic mass is 32.2. The van der Waals surface area contributed by atoms with E-state index >= 15 is 0 Å². The van der Waals surface area contributed by atoms with Gasteiger partial charge in [-0.2, -0.15) is 9.40 Å². The summed E-state index contributed by atoms with van der Waals surface area (Å²) in [7, 11) is -0.168. The predicted molar refractivity (Wildman–Crippen MR) is 79.5 cm³/mol. The van der Waals surface area contributed by atoms with Gasteiger partial charge < -0.3 is 4.74 Å². The highest BCUT2D eigenvalue weighted by molar-refractivity contribution is 7.89. The van der Waals surface area contributed by atoms with Gasteiger partial charge in [-0.05, 0) is 31.2 Å². The van der Waals surface area contributed by atoms with Crippen LogP contribution in [0.4, 0.5) is 0 Å². The SMILES string of the molecule is CCOc1ccc(S(=O)(=O)N(C)Cc2cnn(C)c2)cc1. The largest absolute Gasteiger partial charge is 0.494 e. The Hall–Kier alpha value is -1.86. The zero-order valence-electron chi connectivity index (χ0n) is 12.4. The summed E-state index contributed by atoms with van der Waals surface area (Å²) in [6, 6.07) is 6.43. The first-order valence-corrected chi connectivity index (χ1v) is 8.04. The fourth-order valence-corrected chi connectivity index (χ4v) is 3.11. The quantitative estimate of drug-likeness (QED) is 0.814. The van der Waals surface area contributed by atoms with Crippen LogP contribution in [-0.2, 0) is 23.6 Å². The van der Waals surface area contributed by atoms with Crippen molar-refractivity contribution < 1.29 is 13.2 Å². The van der Waals surface area contributed by atoms with Crippen LogP contribution in [0.5, 0.6) is 5.75 Å². The molecule has 0 atom stereocenters. The van der Waals surface area contributed by atoms with Gasteiger partial charge in [-0.3, -0.25) is 4.68 Å². The maximum atomic E-state index is 12.5. The van der Waals surface area contributed by atoms with E-state index in [4.69, 9.17) is 4.74 Å². The predicted octanol–water partition coefficient (Wildman–Crippen LogP) is 1.64. The van der Waals surface area contributed by atoms with Crippen LogP contribution in [0.1, 0.15) is 12.5 Å². The minimum Gasteiger partial charge on any atom is -0.494 e. The topological polar surface area (TPSA) is 64.4 Å². The molecule has 2 rings (SSSR count). The molecule has 0 N–H and O–H groups in total. The van der Waals surface area contributed by atoms with Crippen molar-refractivity contribution in [2.45, 2.75) is 18.4 Å². The summed E-state index contributed by atoms with van der Waals surface area (Å²) in [6.07, 6.45) is 3.45. The van der Waals surface area contributed by atoms with Gasteiger partial charge in [0.2, 0.25) is 10.0 Å². The summed E-state index contributed by atoms with van der Waals surface area (Å²) in [5.74, 6) is 0.659. The molecule has 21 heavy (non-hydrogen) atoms. The lowest BCUT2D eigenvalue weighted by atomic mass is 10.3. The fraction of sp³-hybridized carbons (Fsp3) is 0.357. The third-order valence-corrected chi connectivity index (χ3v) is 4.82. The van der Waals surface area contributed by atoms with Crippen LogP contribution in [0.15, 0.2) is 41.6 Å². The van der Waals surface area contributed by atoms with Crippen molar-refractivity contribution in [1.29, 1.82) is 0 Å². The zero-order valence-corrected chi connectivity index (χ0v) is 13.2. The molecular weight excluding hydrogens is 290 g/mol. The van der Waals surface area contributed by atoms with Crippen molar-refractivity contribution in [2.24, 2.45) is 7.05 Å². The minimum atomic E-state index is -3.52. The Bertz CT molecular complexity index is 693. The second kappa shape index (κ2) is 6.28. The molecule has 0 aliphatic carbocycles. The number of ether oxygens (including phenoxy) is 1. The summed E-state index contributed by atoms with van der Waals surface area (Å²) in [4.78, 5) is 0.248. The average Bonchev–Trinajstić information content (AvgIpc) is 2.85. The zero-order chi connectivity index (χ0) is 15.5. The van der Waals surface area contributed by atoms with Crippen LogP contribution >= 0.6 is 0 Å². The molecule has 114 valence electrons. The number of hydrogen-bond donors (Lipinski definition) is 0. The van der Waals surface area contributed by atoms with E-state index in [-0.39, 0.29) is 11.4 Å².